The molecule has 0 radical (unpaired) electrons. The second-order valence-electron chi connectivity index (χ2n) is 15.8. The van der Waals surface area contributed by atoms with Crippen molar-refractivity contribution in [3.63, 3.8) is 0 Å². The zero-order chi connectivity index (χ0) is 35.7. The fraction of sp³-hybridized carbons (Fsp3) is 0.865. The Morgan fingerprint density at radius 1 is 0.870 bits per heavy atom. The summed E-state index contributed by atoms with van der Waals surface area (Å²) >= 11 is 2.41. The molecule has 1 heterocycles. The molecule has 1 saturated heterocycles. The van der Waals surface area contributed by atoms with Crippen LogP contribution in [0.2, 0.25) is 54.4 Å². The molecule has 9 heteroatoms. The Balaban J connectivity index is 3.52. The van der Waals surface area contributed by atoms with Crippen LogP contribution < -0.4 is 0 Å². The first kappa shape index (κ1) is 44.2. The Morgan fingerprint density at radius 2 is 1.37 bits per heavy atom. The molecule has 46 heavy (non-hydrogen) atoms. The van der Waals surface area contributed by atoms with Crippen molar-refractivity contribution in [2.45, 2.75) is 182 Å². The summed E-state index contributed by atoms with van der Waals surface area (Å²) in [5, 5.41) is 0.127. The molecule has 1 aliphatic rings. The maximum absolute atomic E-state index is 13.3. The van der Waals surface area contributed by atoms with E-state index in [0.717, 1.165) is 36.3 Å². The molecule has 270 valence electrons. The van der Waals surface area contributed by atoms with E-state index in [9.17, 15) is 4.79 Å². The normalized spacial score (nSPS) is 25.0. The van der Waals surface area contributed by atoms with E-state index in [-0.39, 0.29) is 59.1 Å². The van der Waals surface area contributed by atoms with E-state index in [1.165, 1.54) is 3.58 Å². The second-order valence-corrected chi connectivity index (χ2v) is 31.7. The van der Waals surface area contributed by atoms with Gasteiger partial charge in [-0.3, -0.25) is 4.79 Å². The minimum Gasteiger partial charge on any atom is -0.462 e. The number of rotatable bonds is 19. The molecule has 5 nitrogen and oxygen atoms in total. The van der Waals surface area contributed by atoms with Crippen molar-refractivity contribution < 1.29 is 22.8 Å². The van der Waals surface area contributed by atoms with Gasteiger partial charge in [0.15, 0.2) is 25.0 Å². The minimum absolute atomic E-state index is 0.0633. The van der Waals surface area contributed by atoms with Gasteiger partial charge in [0.2, 0.25) is 0 Å². The summed E-state index contributed by atoms with van der Waals surface area (Å²) in [4.78, 5) is 13.3. The van der Waals surface area contributed by atoms with E-state index >= 15 is 0 Å². The van der Waals surface area contributed by atoms with Gasteiger partial charge in [0.05, 0.1) is 24.2 Å². The van der Waals surface area contributed by atoms with Crippen LogP contribution in [0.25, 0.3) is 0 Å². The Labute approximate surface area is 302 Å². The summed E-state index contributed by atoms with van der Waals surface area (Å²) < 4.78 is 28.9. The van der Waals surface area contributed by atoms with Crippen molar-refractivity contribution in [2.75, 3.05) is 0 Å². The van der Waals surface area contributed by atoms with Crippen LogP contribution in [-0.4, -0.2) is 55.3 Å². The van der Waals surface area contributed by atoms with Gasteiger partial charge >= 0.3 is 5.97 Å². The second kappa shape index (κ2) is 19.0. The molecule has 0 spiro atoms. The van der Waals surface area contributed by atoms with Gasteiger partial charge in [0.25, 0.3) is 0 Å². The van der Waals surface area contributed by atoms with E-state index < -0.39 is 25.0 Å². The van der Waals surface area contributed by atoms with Crippen LogP contribution in [0.1, 0.15) is 103 Å². The molecule has 0 bridgehead atoms. The molecule has 0 aromatic heterocycles. The standard InChI is InChI=1S/C37H73IO5Si3/c1-17-45(18-2,19-3)41-32(24-23-27(7)34(28(8)25-29(9)38)42-44(15,16)37(12,13)14)26-33-30(10)35(31(11)36(39)40-33)43-46(20-4,21-5)22-6/h23-25,27-28,30-35H,17-22,26H2,1-16H3/b24-23-,29-25-/t27-,28-,30-,31+,32+,33?,34-,35-/m0/s1. The first-order chi connectivity index (χ1) is 21.2. The predicted octanol–water partition coefficient (Wildman–Crippen LogP) is 11.9. The number of hydrogen-bond acceptors (Lipinski definition) is 5. The highest BCUT2D eigenvalue weighted by atomic mass is 127. The zero-order valence-corrected chi connectivity index (χ0v) is 37.9. The molecule has 0 aromatic carbocycles. The Hall–Kier alpha value is 0.211. The molecular formula is C37H73IO5Si3. The first-order valence-corrected chi connectivity index (χ1v) is 27.5. The highest BCUT2D eigenvalue weighted by Gasteiger charge is 2.47. The largest absolute Gasteiger partial charge is 0.462 e. The van der Waals surface area contributed by atoms with Gasteiger partial charge in [0.1, 0.15) is 6.10 Å². The van der Waals surface area contributed by atoms with Gasteiger partial charge in [-0.2, -0.15) is 0 Å². The van der Waals surface area contributed by atoms with E-state index in [2.05, 4.69) is 144 Å². The fourth-order valence-corrected chi connectivity index (χ4v) is 14.6. The fourth-order valence-electron chi connectivity index (χ4n) is 6.72. The first-order valence-electron chi connectivity index (χ1n) is 18.5. The quantitative estimate of drug-likeness (QED) is 0.0563. The molecule has 1 aliphatic heterocycles. The summed E-state index contributed by atoms with van der Waals surface area (Å²) in [7, 11) is -5.86. The van der Waals surface area contributed by atoms with Crippen LogP contribution in [0.15, 0.2) is 21.8 Å². The van der Waals surface area contributed by atoms with Crippen LogP contribution in [0, 0.1) is 23.7 Å². The monoisotopic (exact) mass is 808 g/mol. The van der Waals surface area contributed by atoms with Crippen LogP contribution in [0.4, 0.5) is 0 Å². The van der Waals surface area contributed by atoms with Gasteiger partial charge in [-0.15, -0.1) is 0 Å². The van der Waals surface area contributed by atoms with Gasteiger partial charge in [0, 0.05) is 18.3 Å². The average Bonchev–Trinajstić information content (AvgIpc) is 2.99. The average molecular weight is 809 g/mol. The van der Waals surface area contributed by atoms with E-state index in [1.807, 2.05) is 6.92 Å². The number of halogens is 1. The smallest absolute Gasteiger partial charge is 0.311 e. The highest BCUT2D eigenvalue weighted by molar-refractivity contribution is 14.1. The van der Waals surface area contributed by atoms with Crippen molar-refractivity contribution in [3.8, 4) is 0 Å². The zero-order valence-electron chi connectivity index (χ0n) is 32.7. The maximum Gasteiger partial charge on any atom is 0.311 e. The van der Waals surface area contributed by atoms with Crippen molar-refractivity contribution in [1.82, 2.24) is 0 Å². The summed E-state index contributed by atoms with van der Waals surface area (Å²) in [6.07, 6.45) is 7.22. The number of hydrogen-bond donors (Lipinski definition) is 0. The lowest BCUT2D eigenvalue weighted by atomic mass is 9.84. The molecule has 1 rings (SSSR count). The number of carbonyl (C=O) groups excluding carboxylic acids is 1. The lowest BCUT2D eigenvalue weighted by Gasteiger charge is -2.45. The van der Waals surface area contributed by atoms with Crippen LogP contribution in [0.5, 0.6) is 0 Å². The third-order valence-electron chi connectivity index (χ3n) is 11.8. The lowest BCUT2D eigenvalue weighted by Crippen LogP contribution is -2.54. The molecule has 0 aliphatic carbocycles. The number of ether oxygens (including phenoxy) is 1. The lowest BCUT2D eigenvalue weighted by molar-refractivity contribution is -0.177. The highest BCUT2D eigenvalue weighted by Crippen LogP contribution is 2.40. The third kappa shape index (κ3) is 11.9. The van der Waals surface area contributed by atoms with E-state index in [4.69, 9.17) is 18.0 Å². The SMILES string of the molecule is CC[Si](CC)(CC)O[C@@H]1[C@@H](C)C(=O)OC(C[C@@H](/C=C\[C@H](C)[C@H](O[Si](C)(C)C(C)(C)C)[C@@H](C)/C=C(/C)I)O[Si](CC)(CC)CC)[C@@H]1C. The summed E-state index contributed by atoms with van der Waals surface area (Å²) in [6.45, 7) is 36.2. The van der Waals surface area contributed by atoms with Gasteiger partial charge in [-0.25, -0.2) is 0 Å². The van der Waals surface area contributed by atoms with Crippen molar-refractivity contribution in [3.05, 3.63) is 21.8 Å². The van der Waals surface area contributed by atoms with E-state index in [0.29, 0.717) is 6.42 Å². The van der Waals surface area contributed by atoms with Crippen molar-refractivity contribution in [2.24, 2.45) is 23.7 Å². The maximum atomic E-state index is 13.3. The molecule has 0 amide bonds. The summed E-state index contributed by atoms with van der Waals surface area (Å²) in [6, 6.07) is 6.45. The van der Waals surface area contributed by atoms with Crippen molar-refractivity contribution >= 4 is 53.5 Å². The molecular weight excluding hydrogens is 736 g/mol. The van der Waals surface area contributed by atoms with Crippen LogP contribution in [0.3, 0.4) is 0 Å². The number of cyclic esters (lactones) is 1. The number of esters is 1. The van der Waals surface area contributed by atoms with Crippen molar-refractivity contribution in [1.29, 1.82) is 0 Å². The number of carbonyl (C=O) groups is 1. The Bertz CT molecular complexity index is 965. The van der Waals surface area contributed by atoms with Gasteiger partial charge in [-0.05, 0) is 100 Å². The summed E-state index contributed by atoms with van der Waals surface area (Å²) in [5.41, 5.74) is 0. The van der Waals surface area contributed by atoms with Gasteiger partial charge < -0.3 is 18.0 Å². The minimum atomic E-state index is -2.01. The Morgan fingerprint density at radius 3 is 1.80 bits per heavy atom. The number of allylic oxidation sites excluding steroid dienone is 1. The molecule has 1 unspecified atom stereocenters. The predicted molar refractivity (Wildman–Crippen MR) is 214 cm³/mol. The molecule has 0 N–H and O–H groups in total. The molecule has 8 atom stereocenters. The van der Waals surface area contributed by atoms with Gasteiger partial charge in [-0.1, -0.05) is 101 Å². The molecule has 1 fully saturated rings. The molecule has 0 saturated carbocycles. The van der Waals surface area contributed by atoms with Crippen LogP contribution >= 0.6 is 22.6 Å². The topological polar surface area (TPSA) is 54.0 Å². The summed E-state index contributed by atoms with van der Waals surface area (Å²) in [5.74, 6) is 0.193. The third-order valence-corrected chi connectivity index (χ3v) is 25.9. The van der Waals surface area contributed by atoms with E-state index in [1.54, 1.807) is 0 Å². The molecule has 0 aromatic rings. The van der Waals surface area contributed by atoms with Crippen LogP contribution in [-0.2, 0) is 22.8 Å². The Kier molecular flexibility index (Phi) is 18.3.